The van der Waals surface area contributed by atoms with E-state index in [1.54, 1.807) is 0 Å². The summed E-state index contributed by atoms with van der Waals surface area (Å²) in [7, 11) is 0. The second-order valence-corrected chi connectivity index (χ2v) is 7.47. The predicted octanol–water partition coefficient (Wildman–Crippen LogP) is 5.09. The molecule has 3 fully saturated rings. The Kier molecular flexibility index (Phi) is 24.9. The molecule has 3 heterocycles. The summed E-state index contributed by atoms with van der Waals surface area (Å²) in [6, 6.07) is 0. The van der Waals surface area contributed by atoms with E-state index in [0.717, 1.165) is 39.6 Å². The van der Waals surface area contributed by atoms with E-state index in [0.29, 0.717) is 0 Å². The molecule has 1 radical (unpaired) electrons. The van der Waals surface area contributed by atoms with Gasteiger partial charge in [0.15, 0.2) is 0 Å². The van der Waals surface area contributed by atoms with Crippen LogP contribution in [0, 0.1) is 45.4 Å². The third-order valence-electron chi connectivity index (χ3n) is 3.04. The van der Waals surface area contributed by atoms with E-state index in [1.807, 2.05) is 30.7 Å². The molecule has 0 N–H and O–H groups in total. The van der Waals surface area contributed by atoms with Crippen LogP contribution >= 0.6 is 9.27 Å². The Hall–Kier alpha value is 1.46. The van der Waals surface area contributed by atoms with Crippen molar-refractivity contribution in [2.45, 2.75) is 38.5 Å². The summed E-state index contributed by atoms with van der Waals surface area (Å²) >= 11 is -0.139. The number of hydrogen-bond donors (Lipinski definition) is 0. The minimum absolute atomic E-state index is 0.139. The van der Waals surface area contributed by atoms with Gasteiger partial charge in [-0.05, 0) is 38.5 Å². The fraction of sp³-hybridized carbons (Fsp3) is 0.706. The van der Waals surface area contributed by atoms with Crippen LogP contribution in [-0.2, 0) is 14.2 Å². The van der Waals surface area contributed by atoms with Crippen LogP contribution in [0.4, 0.5) is 0 Å². The van der Waals surface area contributed by atoms with Gasteiger partial charge in [0.2, 0.25) is 0 Å². The van der Waals surface area contributed by atoms with E-state index in [2.05, 4.69) is 0 Å². The summed E-state index contributed by atoms with van der Waals surface area (Å²) < 4.78 is 24.5. The molecular weight excluding hydrogens is 496 g/mol. The first kappa shape index (κ1) is 24.5. The summed E-state index contributed by atoms with van der Waals surface area (Å²) in [6.07, 6.45) is 17.7. The average molecular weight is 525 g/mol. The predicted molar refractivity (Wildman–Crippen MR) is 94.4 cm³/mol. The van der Waals surface area contributed by atoms with Crippen LogP contribution in [0.5, 0.6) is 0 Å². The van der Waals surface area contributed by atoms with Crippen molar-refractivity contribution < 1.29 is 53.1 Å². The summed E-state index contributed by atoms with van der Waals surface area (Å²) in [5.41, 5.74) is 0. The first-order chi connectivity index (χ1) is 11.4. The van der Waals surface area contributed by atoms with Crippen LogP contribution in [0.1, 0.15) is 38.5 Å². The zero-order chi connectivity index (χ0) is 16.8. The molecule has 1 aliphatic carbocycles. The van der Waals surface area contributed by atoms with Crippen molar-refractivity contribution in [1.29, 1.82) is 0 Å². The molecule has 4 aliphatic rings. The average Bonchev–Trinajstić information content (AvgIpc) is 3.47. The van der Waals surface area contributed by atoms with Gasteiger partial charge < -0.3 is 14.2 Å². The van der Waals surface area contributed by atoms with Crippen LogP contribution in [0.15, 0.2) is 24.3 Å². The number of hydrogen-bond acceptors (Lipinski definition) is 3. The standard InChI is InChI=1S/C5H5.3C4H8O.2ClH.Yb/c4*1-2-4-5-3-1;;;/h1-5H;3*1-4H2;2*1H;/q;;;;;;+2/p-2. The van der Waals surface area contributed by atoms with Crippen LogP contribution < -0.4 is 0 Å². The van der Waals surface area contributed by atoms with Crippen molar-refractivity contribution >= 4 is 9.27 Å². The normalized spacial score (nSPS) is 20.4. The molecule has 0 aromatic carbocycles. The Bertz CT molecular complexity index is 208. The van der Waals surface area contributed by atoms with Gasteiger partial charge >= 0.3 is 48.2 Å². The molecule has 0 aromatic rings. The molecule has 143 valence electrons. The molecule has 3 saturated heterocycles. The second-order valence-electron chi connectivity index (χ2n) is 4.96. The molecule has 0 saturated carbocycles. The zero-order valence-electron chi connectivity index (χ0n) is 13.6. The second kappa shape index (κ2) is 23.5. The van der Waals surface area contributed by atoms with Crippen LogP contribution in [0.25, 0.3) is 0 Å². The Morgan fingerprint density at radius 3 is 0.870 bits per heavy atom. The first-order valence-corrected chi connectivity index (χ1v) is 12.4. The summed E-state index contributed by atoms with van der Waals surface area (Å²) in [5, 5.41) is 0. The SMILES string of the molecule is C1CCOC1.C1CCOC1.C1CCOC1.[CH]1C=CC=C1.[Cl][Yb][Cl]. The molecule has 0 spiro atoms. The number of allylic oxidation sites excluding steroid dienone is 4. The minimum atomic E-state index is -0.139. The van der Waals surface area contributed by atoms with Crippen molar-refractivity contribution in [3.8, 4) is 0 Å². The molecule has 0 amide bonds. The monoisotopic (exact) mass is 525 g/mol. The third kappa shape index (κ3) is 23.5. The van der Waals surface area contributed by atoms with Crippen molar-refractivity contribution in [3.63, 3.8) is 0 Å². The Balaban J connectivity index is 0.000000266. The molecule has 3 nitrogen and oxygen atoms in total. The van der Waals surface area contributed by atoms with Gasteiger partial charge in [-0.25, -0.2) is 0 Å². The van der Waals surface area contributed by atoms with Crippen molar-refractivity contribution in [3.05, 3.63) is 30.7 Å². The van der Waals surface area contributed by atoms with E-state index in [9.17, 15) is 0 Å². The van der Waals surface area contributed by atoms with Crippen molar-refractivity contribution in [1.82, 2.24) is 0 Å². The fourth-order valence-corrected chi connectivity index (χ4v) is 1.85. The van der Waals surface area contributed by atoms with Gasteiger partial charge in [-0.2, -0.15) is 0 Å². The fourth-order valence-electron chi connectivity index (χ4n) is 1.85. The van der Waals surface area contributed by atoms with E-state index < -0.39 is 0 Å². The van der Waals surface area contributed by atoms with Crippen LogP contribution in [-0.4, -0.2) is 39.6 Å². The van der Waals surface area contributed by atoms with Crippen molar-refractivity contribution in [2.24, 2.45) is 0 Å². The Morgan fingerprint density at radius 2 is 0.783 bits per heavy atom. The van der Waals surface area contributed by atoms with E-state index in [4.69, 9.17) is 23.5 Å². The van der Waals surface area contributed by atoms with Crippen LogP contribution in [0.2, 0.25) is 0 Å². The van der Waals surface area contributed by atoms with E-state index >= 15 is 0 Å². The quantitative estimate of drug-likeness (QED) is 0.442. The Morgan fingerprint density at radius 1 is 0.522 bits per heavy atom. The number of rotatable bonds is 0. The number of halogens is 2. The van der Waals surface area contributed by atoms with Gasteiger partial charge in [0.25, 0.3) is 0 Å². The van der Waals surface area contributed by atoms with E-state index in [-0.39, 0.29) is 38.9 Å². The molecule has 3 aliphatic heterocycles. The van der Waals surface area contributed by atoms with Crippen LogP contribution in [0.3, 0.4) is 0 Å². The molecule has 0 aromatic heterocycles. The summed E-state index contributed by atoms with van der Waals surface area (Å²) in [6.45, 7) is 6.00. The van der Waals surface area contributed by atoms with Gasteiger partial charge in [-0.15, -0.1) is 0 Å². The summed E-state index contributed by atoms with van der Waals surface area (Å²) in [5.74, 6) is 0. The van der Waals surface area contributed by atoms with Gasteiger partial charge in [0, 0.05) is 46.1 Å². The summed E-state index contributed by atoms with van der Waals surface area (Å²) in [4.78, 5) is 0. The number of ether oxygens (including phenoxy) is 3. The molecular formula is C17H29Cl2O3Yb. The molecule has 0 unspecified atom stereocenters. The van der Waals surface area contributed by atoms with Gasteiger partial charge in [-0.3, -0.25) is 0 Å². The van der Waals surface area contributed by atoms with E-state index in [1.165, 1.54) is 38.5 Å². The van der Waals surface area contributed by atoms with Gasteiger partial charge in [0.1, 0.15) is 0 Å². The van der Waals surface area contributed by atoms with Gasteiger partial charge in [0.05, 0.1) is 0 Å². The topological polar surface area (TPSA) is 27.7 Å². The third-order valence-corrected chi connectivity index (χ3v) is 3.04. The maximum absolute atomic E-state index is 4.94. The molecule has 4 rings (SSSR count). The first-order valence-electron chi connectivity index (χ1n) is 8.10. The molecule has 6 heteroatoms. The maximum atomic E-state index is 4.94. The Labute approximate surface area is 169 Å². The molecule has 0 atom stereocenters. The molecule has 23 heavy (non-hydrogen) atoms. The van der Waals surface area contributed by atoms with Gasteiger partial charge in [-0.1, -0.05) is 24.3 Å². The molecule has 0 bridgehead atoms. The zero-order valence-corrected chi connectivity index (χ0v) is 16.8. The van der Waals surface area contributed by atoms with Crippen molar-refractivity contribution in [2.75, 3.05) is 39.6 Å².